The van der Waals surface area contributed by atoms with Crippen LogP contribution in [0.25, 0.3) is 0 Å². The fourth-order valence-electron chi connectivity index (χ4n) is 2.64. The molecule has 0 aliphatic heterocycles. The predicted molar refractivity (Wildman–Crippen MR) is 76.0 cm³/mol. The molecule has 7 heteroatoms. The van der Waals surface area contributed by atoms with Gasteiger partial charge in [-0.2, -0.15) is 0 Å². The molecular formula is C14H20N4O3. The minimum absolute atomic E-state index is 0.122. The molecule has 0 radical (unpaired) electrons. The molecule has 114 valence electrons. The topological polar surface area (TPSA) is 103 Å². The van der Waals surface area contributed by atoms with Gasteiger partial charge in [-0.1, -0.05) is 12.8 Å². The number of amides is 3. The van der Waals surface area contributed by atoms with Crippen molar-refractivity contribution in [2.75, 3.05) is 0 Å². The van der Waals surface area contributed by atoms with Gasteiger partial charge in [0.05, 0.1) is 0 Å². The van der Waals surface area contributed by atoms with Crippen LogP contribution in [0.5, 0.6) is 0 Å². The number of hydrazine groups is 1. The number of carbonyl (C=O) groups excluding carboxylic acids is 3. The maximum atomic E-state index is 12.2. The van der Waals surface area contributed by atoms with E-state index in [1.54, 1.807) is 18.3 Å². The van der Waals surface area contributed by atoms with Crippen molar-refractivity contribution in [3.63, 3.8) is 0 Å². The highest BCUT2D eigenvalue weighted by atomic mass is 16.2. The van der Waals surface area contributed by atoms with Crippen LogP contribution in [0, 0.1) is 5.92 Å². The molecule has 4 N–H and O–H groups in total. The van der Waals surface area contributed by atoms with Gasteiger partial charge in [0.15, 0.2) is 0 Å². The summed E-state index contributed by atoms with van der Waals surface area (Å²) < 4.78 is 0. The van der Waals surface area contributed by atoms with Crippen molar-refractivity contribution in [3.8, 4) is 0 Å². The van der Waals surface area contributed by atoms with Crippen LogP contribution >= 0.6 is 0 Å². The number of carbonyl (C=O) groups is 3. The maximum Gasteiger partial charge on any atom is 0.286 e. The summed E-state index contributed by atoms with van der Waals surface area (Å²) in [4.78, 5) is 37.9. The van der Waals surface area contributed by atoms with Crippen molar-refractivity contribution in [2.24, 2.45) is 5.92 Å². The zero-order chi connectivity index (χ0) is 15.2. The van der Waals surface area contributed by atoms with Gasteiger partial charge in [0, 0.05) is 13.1 Å². The Morgan fingerprint density at radius 2 is 1.95 bits per heavy atom. The van der Waals surface area contributed by atoms with Gasteiger partial charge in [0.2, 0.25) is 5.91 Å². The lowest BCUT2D eigenvalue weighted by molar-refractivity contribution is -0.129. The Morgan fingerprint density at radius 3 is 2.52 bits per heavy atom. The molecule has 1 aromatic heterocycles. The molecule has 1 aliphatic carbocycles. The highest BCUT2D eigenvalue weighted by Crippen LogP contribution is 2.27. The summed E-state index contributed by atoms with van der Waals surface area (Å²) in [7, 11) is 0. The van der Waals surface area contributed by atoms with Gasteiger partial charge >= 0.3 is 0 Å². The Bertz CT molecular complexity index is 506. The zero-order valence-corrected chi connectivity index (χ0v) is 11.9. The molecule has 2 rings (SSSR count). The van der Waals surface area contributed by atoms with E-state index in [2.05, 4.69) is 21.2 Å². The first-order chi connectivity index (χ1) is 10.1. The molecule has 21 heavy (non-hydrogen) atoms. The van der Waals surface area contributed by atoms with Gasteiger partial charge in [-0.3, -0.25) is 25.2 Å². The second-order valence-electron chi connectivity index (χ2n) is 5.25. The summed E-state index contributed by atoms with van der Waals surface area (Å²) in [5.41, 5.74) is 5.07. The quantitative estimate of drug-likeness (QED) is 0.606. The normalized spacial score (nSPS) is 16.2. The van der Waals surface area contributed by atoms with Crippen LogP contribution < -0.4 is 16.2 Å². The largest absolute Gasteiger partial charge is 0.357 e. The molecule has 1 atom stereocenters. The highest BCUT2D eigenvalue weighted by molar-refractivity contribution is 5.95. The predicted octanol–water partition coefficient (Wildman–Crippen LogP) is 0.471. The van der Waals surface area contributed by atoms with Crippen molar-refractivity contribution >= 4 is 17.7 Å². The molecule has 3 amide bonds. The van der Waals surface area contributed by atoms with Crippen LogP contribution in [0.4, 0.5) is 0 Å². The first-order valence-electron chi connectivity index (χ1n) is 7.08. The third-order valence-electron chi connectivity index (χ3n) is 3.65. The van der Waals surface area contributed by atoms with Gasteiger partial charge in [-0.05, 0) is 30.9 Å². The average Bonchev–Trinajstić information content (AvgIpc) is 3.13. The van der Waals surface area contributed by atoms with Crippen molar-refractivity contribution < 1.29 is 14.4 Å². The van der Waals surface area contributed by atoms with E-state index in [0.717, 1.165) is 25.7 Å². The summed E-state index contributed by atoms with van der Waals surface area (Å²) in [5, 5.41) is 2.67. The maximum absolute atomic E-state index is 12.2. The first-order valence-corrected chi connectivity index (χ1v) is 7.08. The van der Waals surface area contributed by atoms with Crippen LogP contribution in [0.2, 0.25) is 0 Å². The molecule has 1 aromatic rings. The molecule has 0 aromatic carbocycles. The zero-order valence-electron chi connectivity index (χ0n) is 11.9. The summed E-state index contributed by atoms with van der Waals surface area (Å²) in [6.45, 7) is 1.38. The summed E-state index contributed by atoms with van der Waals surface area (Å²) in [6.07, 6.45) is 5.55. The summed E-state index contributed by atoms with van der Waals surface area (Å²) in [5.74, 6) is -0.951. The highest BCUT2D eigenvalue weighted by Gasteiger charge is 2.31. The van der Waals surface area contributed by atoms with Crippen molar-refractivity contribution in [1.29, 1.82) is 0 Å². The van der Waals surface area contributed by atoms with E-state index in [0.29, 0.717) is 5.69 Å². The number of aromatic nitrogens is 1. The fourth-order valence-corrected chi connectivity index (χ4v) is 2.64. The molecule has 1 heterocycles. The van der Waals surface area contributed by atoms with E-state index in [1.807, 2.05) is 0 Å². The first kappa shape index (κ1) is 15.1. The number of aromatic amines is 1. The second kappa shape index (κ2) is 6.92. The van der Waals surface area contributed by atoms with Crippen molar-refractivity contribution in [2.45, 2.75) is 38.6 Å². The van der Waals surface area contributed by atoms with Gasteiger partial charge in [-0.25, -0.2) is 0 Å². The second-order valence-corrected chi connectivity index (χ2v) is 5.25. The lowest BCUT2D eigenvalue weighted by Crippen LogP contribution is -2.54. The fraction of sp³-hybridized carbons (Fsp3) is 0.500. The van der Waals surface area contributed by atoms with Crippen molar-refractivity contribution in [3.05, 3.63) is 24.0 Å². The number of rotatable bonds is 4. The molecule has 0 spiro atoms. The number of H-pyrrole nitrogens is 1. The molecule has 1 unspecified atom stereocenters. The van der Waals surface area contributed by atoms with E-state index in [4.69, 9.17) is 0 Å². The molecule has 1 fully saturated rings. The van der Waals surface area contributed by atoms with Crippen LogP contribution in [0.15, 0.2) is 18.3 Å². The van der Waals surface area contributed by atoms with Gasteiger partial charge in [0.1, 0.15) is 11.7 Å². The van der Waals surface area contributed by atoms with E-state index < -0.39 is 17.9 Å². The number of hydrogen-bond donors (Lipinski definition) is 4. The number of nitrogens with one attached hydrogen (secondary N) is 4. The van der Waals surface area contributed by atoms with Crippen LogP contribution in [-0.4, -0.2) is 28.7 Å². The molecule has 1 saturated carbocycles. The smallest absolute Gasteiger partial charge is 0.286 e. The Kier molecular flexibility index (Phi) is 4.97. The summed E-state index contributed by atoms with van der Waals surface area (Å²) >= 11 is 0. The minimum Gasteiger partial charge on any atom is -0.357 e. The molecule has 0 bridgehead atoms. The van der Waals surface area contributed by atoms with E-state index in [-0.39, 0.29) is 11.8 Å². The molecule has 1 aliphatic rings. The lowest BCUT2D eigenvalue weighted by Gasteiger charge is -2.23. The minimum atomic E-state index is -0.603. The third kappa shape index (κ3) is 4.08. The van der Waals surface area contributed by atoms with Crippen molar-refractivity contribution in [1.82, 2.24) is 21.2 Å². The average molecular weight is 292 g/mol. The van der Waals surface area contributed by atoms with E-state index >= 15 is 0 Å². The molecular weight excluding hydrogens is 272 g/mol. The molecule has 7 nitrogen and oxygen atoms in total. The Hall–Kier alpha value is -2.31. The van der Waals surface area contributed by atoms with E-state index in [1.165, 1.54) is 6.92 Å². The van der Waals surface area contributed by atoms with Gasteiger partial charge in [0.25, 0.3) is 11.8 Å². The lowest BCUT2D eigenvalue weighted by atomic mass is 9.97. The third-order valence-corrected chi connectivity index (χ3v) is 3.65. The van der Waals surface area contributed by atoms with Crippen LogP contribution in [0.1, 0.15) is 43.1 Å². The standard InChI is InChI=1S/C14H20N4O3/c1-9(19)16-12(10-5-2-3-6-10)14(21)18-17-13(20)11-7-4-8-15-11/h4,7-8,10,12,15H,2-3,5-6H2,1H3,(H,16,19)(H,17,20)(H,18,21). The summed E-state index contributed by atoms with van der Waals surface area (Å²) in [6, 6.07) is 2.69. The van der Waals surface area contributed by atoms with E-state index in [9.17, 15) is 14.4 Å². The van der Waals surface area contributed by atoms with Gasteiger partial charge < -0.3 is 10.3 Å². The number of hydrogen-bond acceptors (Lipinski definition) is 3. The van der Waals surface area contributed by atoms with Crippen LogP contribution in [0.3, 0.4) is 0 Å². The van der Waals surface area contributed by atoms with Crippen LogP contribution in [-0.2, 0) is 9.59 Å². The SMILES string of the molecule is CC(=O)NC(C(=O)NNC(=O)c1ccc[nH]1)C1CCCC1. The Morgan fingerprint density at radius 1 is 1.24 bits per heavy atom. The van der Waals surface area contributed by atoms with Gasteiger partial charge in [-0.15, -0.1) is 0 Å². The Balaban J connectivity index is 1.91. The molecule has 0 saturated heterocycles. The monoisotopic (exact) mass is 292 g/mol. The Labute approximate surface area is 122 Å².